The summed E-state index contributed by atoms with van der Waals surface area (Å²) in [5.41, 5.74) is 2.10. The smallest absolute Gasteiger partial charge is 0.337 e. The number of rotatable bonds is 7. The number of hydrogen-bond acceptors (Lipinski definition) is 6. The molecule has 0 atom stereocenters. The zero-order chi connectivity index (χ0) is 24.0. The molecule has 0 radical (unpaired) electrons. The first-order chi connectivity index (χ1) is 15.7. The Morgan fingerprint density at radius 2 is 1.61 bits per heavy atom. The molecule has 0 unspecified atom stereocenters. The number of benzene rings is 2. The van der Waals surface area contributed by atoms with Gasteiger partial charge in [0.05, 0.1) is 15.4 Å². The lowest BCUT2D eigenvalue weighted by Gasteiger charge is -2.08. The van der Waals surface area contributed by atoms with Crippen LogP contribution in [0.3, 0.4) is 0 Å². The third-order valence-corrected chi connectivity index (χ3v) is 4.30. The lowest BCUT2D eigenvalue weighted by molar-refractivity contribution is 0.0600. The van der Waals surface area contributed by atoms with Gasteiger partial charge in [0.25, 0.3) is 11.8 Å². The number of carbonyl (C=O) groups is 3. The van der Waals surface area contributed by atoms with Crippen LogP contribution in [0.2, 0.25) is 0 Å². The molecule has 0 aliphatic heterocycles. The molecule has 8 nitrogen and oxygen atoms in total. The molecule has 0 saturated heterocycles. The minimum absolute atomic E-state index is 0.0440. The van der Waals surface area contributed by atoms with Gasteiger partial charge < -0.3 is 15.4 Å². The molecule has 0 fully saturated rings. The second-order valence-corrected chi connectivity index (χ2v) is 6.61. The van der Waals surface area contributed by atoms with Crippen molar-refractivity contribution in [1.82, 2.24) is 20.6 Å². The molecule has 2 amide bonds. The SMILES string of the molecule is [2H]C([2H])(NC(=O)c1cc(C(=O)NCc2ccc(C(=O)OC)cc2)ncn1)c1cccc(C)c1. The largest absolute Gasteiger partial charge is 0.465 e. The summed E-state index contributed by atoms with van der Waals surface area (Å²) in [5, 5.41) is 4.97. The predicted octanol–water partition coefficient (Wildman–Crippen LogP) is 2.43. The fraction of sp³-hybridized carbons (Fsp3) is 0.174. The highest BCUT2D eigenvalue weighted by Gasteiger charge is 2.13. The van der Waals surface area contributed by atoms with Crippen molar-refractivity contribution >= 4 is 17.8 Å². The summed E-state index contributed by atoms with van der Waals surface area (Å²) in [4.78, 5) is 44.3. The molecule has 0 aliphatic carbocycles. The molecule has 1 aromatic heterocycles. The van der Waals surface area contributed by atoms with Crippen molar-refractivity contribution in [1.29, 1.82) is 0 Å². The van der Waals surface area contributed by atoms with E-state index in [1.165, 1.54) is 13.2 Å². The van der Waals surface area contributed by atoms with Crippen molar-refractivity contribution in [3.8, 4) is 0 Å². The maximum atomic E-state index is 12.6. The quantitative estimate of drug-likeness (QED) is 0.568. The number of esters is 1. The summed E-state index contributed by atoms with van der Waals surface area (Å²) in [5.74, 6) is -1.77. The minimum atomic E-state index is -2.13. The van der Waals surface area contributed by atoms with E-state index < -0.39 is 24.3 Å². The van der Waals surface area contributed by atoms with Crippen LogP contribution in [0.15, 0.2) is 60.9 Å². The summed E-state index contributed by atoms with van der Waals surface area (Å²) in [7, 11) is 1.30. The van der Waals surface area contributed by atoms with Crippen molar-refractivity contribution in [2.75, 3.05) is 7.11 Å². The molecule has 8 heteroatoms. The standard InChI is InChI=1S/C23H22N4O4/c1-15-4-3-5-17(10-15)13-25-22(29)20-11-19(26-14-27-20)21(28)24-12-16-6-8-18(9-7-16)23(30)31-2/h3-11,14H,12-13H2,1-2H3,(H,24,28)(H,25,29)/i13D2. The van der Waals surface area contributed by atoms with E-state index in [9.17, 15) is 14.4 Å². The Hall–Kier alpha value is -4.07. The predicted molar refractivity (Wildman–Crippen MR) is 113 cm³/mol. The van der Waals surface area contributed by atoms with Crippen molar-refractivity contribution in [3.05, 3.63) is 94.6 Å². The van der Waals surface area contributed by atoms with Gasteiger partial charge in [0.2, 0.25) is 0 Å². The van der Waals surface area contributed by atoms with Crippen molar-refractivity contribution in [3.63, 3.8) is 0 Å². The Morgan fingerprint density at radius 3 is 2.26 bits per heavy atom. The molecule has 31 heavy (non-hydrogen) atoms. The van der Waals surface area contributed by atoms with Gasteiger partial charge in [-0.2, -0.15) is 0 Å². The third kappa shape index (κ3) is 5.96. The zero-order valence-electron chi connectivity index (χ0n) is 19.0. The monoisotopic (exact) mass is 420 g/mol. The van der Waals surface area contributed by atoms with E-state index in [1.54, 1.807) is 42.5 Å². The molecule has 0 bridgehead atoms. The second kappa shape index (κ2) is 10.1. The van der Waals surface area contributed by atoms with Crippen molar-refractivity contribution < 1.29 is 21.9 Å². The number of aromatic nitrogens is 2. The van der Waals surface area contributed by atoms with Gasteiger partial charge in [0, 0.05) is 19.1 Å². The van der Waals surface area contributed by atoms with E-state index in [0.29, 0.717) is 11.1 Å². The topological polar surface area (TPSA) is 110 Å². The molecule has 2 N–H and O–H groups in total. The first-order valence-corrected chi connectivity index (χ1v) is 9.37. The van der Waals surface area contributed by atoms with Gasteiger partial charge >= 0.3 is 5.97 Å². The van der Waals surface area contributed by atoms with Crippen LogP contribution < -0.4 is 10.6 Å². The van der Waals surface area contributed by atoms with E-state index in [-0.39, 0.29) is 17.9 Å². The molecule has 3 aromatic rings. The van der Waals surface area contributed by atoms with Crippen LogP contribution >= 0.6 is 0 Å². The van der Waals surface area contributed by atoms with Crippen LogP contribution in [-0.2, 0) is 17.8 Å². The number of aryl methyl sites for hydroxylation is 1. The number of ether oxygens (including phenoxy) is 1. The second-order valence-electron chi connectivity index (χ2n) is 6.61. The van der Waals surface area contributed by atoms with Crippen LogP contribution in [0.1, 0.15) is 50.8 Å². The summed E-state index contributed by atoms with van der Waals surface area (Å²) in [6.07, 6.45) is 1.07. The highest BCUT2D eigenvalue weighted by Crippen LogP contribution is 2.07. The molecule has 0 spiro atoms. The summed E-state index contributed by atoms with van der Waals surface area (Å²) in [6, 6.07) is 14.5. The molecule has 0 aliphatic rings. The molecular formula is C23H22N4O4. The molecule has 2 aromatic carbocycles. The van der Waals surface area contributed by atoms with Crippen LogP contribution in [0.4, 0.5) is 0 Å². The van der Waals surface area contributed by atoms with E-state index in [0.717, 1.165) is 17.5 Å². The van der Waals surface area contributed by atoms with E-state index in [4.69, 9.17) is 2.74 Å². The number of methoxy groups -OCH3 is 1. The summed E-state index contributed by atoms with van der Waals surface area (Å²) >= 11 is 0. The average molecular weight is 420 g/mol. The fourth-order valence-corrected chi connectivity index (χ4v) is 2.67. The van der Waals surface area contributed by atoms with Gasteiger partial charge in [-0.3, -0.25) is 9.59 Å². The highest BCUT2D eigenvalue weighted by molar-refractivity contribution is 5.97. The molecule has 0 saturated carbocycles. The van der Waals surface area contributed by atoms with E-state index in [1.807, 2.05) is 13.0 Å². The van der Waals surface area contributed by atoms with Crippen LogP contribution in [0.25, 0.3) is 0 Å². The number of amides is 2. The Balaban J connectivity index is 1.65. The van der Waals surface area contributed by atoms with E-state index in [2.05, 4.69) is 25.3 Å². The van der Waals surface area contributed by atoms with Gasteiger partial charge in [-0.1, -0.05) is 42.0 Å². The lowest BCUT2D eigenvalue weighted by Crippen LogP contribution is -2.27. The Bertz CT molecular complexity index is 1180. The van der Waals surface area contributed by atoms with Gasteiger partial charge in [-0.15, -0.1) is 0 Å². The van der Waals surface area contributed by atoms with E-state index >= 15 is 0 Å². The zero-order valence-corrected chi connectivity index (χ0v) is 17.0. The highest BCUT2D eigenvalue weighted by atomic mass is 16.5. The number of nitrogens with zero attached hydrogens (tertiary/aromatic N) is 2. The average Bonchev–Trinajstić information content (AvgIpc) is 2.82. The Morgan fingerprint density at radius 1 is 0.935 bits per heavy atom. The molecule has 3 rings (SSSR count). The van der Waals surface area contributed by atoms with Gasteiger partial charge in [0.15, 0.2) is 0 Å². The van der Waals surface area contributed by atoms with Crippen molar-refractivity contribution in [2.45, 2.75) is 20.0 Å². The molecule has 158 valence electrons. The van der Waals surface area contributed by atoms with Crippen LogP contribution in [0, 0.1) is 6.92 Å². The fourth-order valence-electron chi connectivity index (χ4n) is 2.67. The van der Waals surface area contributed by atoms with Crippen LogP contribution in [0.5, 0.6) is 0 Å². The van der Waals surface area contributed by atoms with Gasteiger partial charge in [-0.05, 0) is 30.2 Å². The third-order valence-electron chi connectivity index (χ3n) is 4.30. The number of carbonyl (C=O) groups excluding carboxylic acids is 3. The molecule has 1 heterocycles. The maximum absolute atomic E-state index is 12.6. The normalized spacial score (nSPS) is 11.7. The maximum Gasteiger partial charge on any atom is 0.337 e. The lowest BCUT2D eigenvalue weighted by atomic mass is 10.1. The number of hydrogen-bond donors (Lipinski definition) is 2. The Kier molecular flexibility index (Phi) is 6.17. The van der Waals surface area contributed by atoms with Gasteiger partial charge in [-0.25, -0.2) is 14.8 Å². The van der Waals surface area contributed by atoms with Crippen molar-refractivity contribution in [2.24, 2.45) is 0 Å². The van der Waals surface area contributed by atoms with Crippen LogP contribution in [-0.4, -0.2) is 34.9 Å². The summed E-state index contributed by atoms with van der Waals surface area (Å²) < 4.78 is 21.0. The minimum Gasteiger partial charge on any atom is -0.465 e. The molecular weight excluding hydrogens is 396 g/mol. The summed E-state index contributed by atoms with van der Waals surface area (Å²) in [6.45, 7) is -0.140. The number of nitrogens with one attached hydrogen (secondary N) is 2. The first kappa shape index (κ1) is 18.9. The Labute approximate surface area is 182 Å². The first-order valence-electron chi connectivity index (χ1n) is 10.4. The van der Waals surface area contributed by atoms with Gasteiger partial charge in [0.1, 0.15) is 17.7 Å².